The molecule has 1 unspecified atom stereocenters. The highest BCUT2D eigenvalue weighted by Crippen LogP contribution is 2.31. The molecule has 1 atom stereocenters. The number of halogens is 3. The van der Waals surface area contributed by atoms with E-state index in [9.17, 15) is 18.0 Å². The number of likely N-dealkylation sites (tertiary alicyclic amines) is 1. The van der Waals surface area contributed by atoms with Crippen molar-refractivity contribution >= 4 is 5.91 Å². The second kappa shape index (κ2) is 4.28. The van der Waals surface area contributed by atoms with Crippen molar-refractivity contribution in [2.24, 2.45) is 5.73 Å². The summed E-state index contributed by atoms with van der Waals surface area (Å²) in [6.45, 7) is -0.0703. The number of carbonyl (C=O) groups is 1. The van der Waals surface area contributed by atoms with Gasteiger partial charge in [0.05, 0.1) is 5.54 Å². The molecule has 1 heterocycles. The molecule has 6 heteroatoms. The van der Waals surface area contributed by atoms with Crippen molar-refractivity contribution in [3.8, 4) is 0 Å². The van der Waals surface area contributed by atoms with Crippen LogP contribution >= 0.6 is 0 Å². The van der Waals surface area contributed by atoms with E-state index in [1.807, 2.05) is 0 Å². The van der Waals surface area contributed by atoms with Crippen LogP contribution in [-0.4, -0.2) is 30.1 Å². The summed E-state index contributed by atoms with van der Waals surface area (Å²) in [6.07, 6.45) is -4.50. The zero-order chi connectivity index (χ0) is 13.4. The smallest absolute Gasteiger partial charge is 0.333 e. The van der Waals surface area contributed by atoms with Gasteiger partial charge in [-0.3, -0.25) is 4.79 Å². The van der Waals surface area contributed by atoms with Gasteiger partial charge in [-0.25, -0.2) is 0 Å². The van der Waals surface area contributed by atoms with Gasteiger partial charge in [-0.15, -0.1) is 0 Å². The number of carbonyl (C=O) groups excluding carboxylic acids is 1. The Morgan fingerprint density at radius 3 is 2.44 bits per heavy atom. The van der Waals surface area contributed by atoms with E-state index in [1.165, 1.54) is 0 Å². The molecule has 0 saturated carbocycles. The fourth-order valence-electron chi connectivity index (χ4n) is 2.19. The van der Waals surface area contributed by atoms with E-state index in [4.69, 9.17) is 5.73 Å². The molecule has 3 nitrogen and oxygen atoms in total. The summed E-state index contributed by atoms with van der Waals surface area (Å²) in [5, 5.41) is 0. The Morgan fingerprint density at radius 1 is 1.28 bits per heavy atom. The van der Waals surface area contributed by atoms with Crippen molar-refractivity contribution < 1.29 is 18.0 Å². The summed E-state index contributed by atoms with van der Waals surface area (Å²) in [5.74, 6) is -1.81. The first-order valence-corrected chi connectivity index (χ1v) is 5.53. The zero-order valence-electron chi connectivity index (χ0n) is 9.57. The summed E-state index contributed by atoms with van der Waals surface area (Å²) in [6, 6.07) is 8.89. The maximum atomic E-state index is 12.3. The van der Waals surface area contributed by atoms with Gasteiger partial charge in [0.2, 0.25) is 0 Å². The molecule has 1 aliphatic heterocycles. The van der Waals surface area contributed by atoms with Crippen LogP contribution in [0.5, 0.6) is 0 Å². The molecule has 1 fully saturated rings. The van der Waals surface area contributed by atoms with Gasteiger partial charge in [-0.05, 0) is 12.0 Å². The first-order valence-electron chi connectivity index (χ1n) is 5.53. The average Bonchev–Trinajstić information content (AvgIpc) is 2.72. The quantitative estimate of drug-likeness (QED) is 0.832. The van der Waals surface area contributed by atoms with Gasteiger partial charge in [0.1, 0.15) is 0 Å². The standard InChI is InChI=1S/C12H13F3N2O/c13-12(14,15)10(18)17-7-6-11(16,8-17)9-4-2-1-3-5-9/h1-5H,6-8,16H2. The fraction of sp³-hybridized carbons (Fsp3) is 0.417. The first kappa shape index (κ1) is 12.9. The molecule has 1 aliphatic rings. The summed E-state index contributed by atoms with van der Waals surface area (Å²) in [5.41, 5.74) is 5.96. The number of hydrogen-bond donors (Lipinski definition) is 1. The summed E-state index contributed by atoms with van der Waals surface area (Å²) >= 11 is 0. The number of nitrogens with two attached hydrogens (primary N) is 1. The lowest BCUT2D eigenvalue weighted by atomic mass is 9.90. The van der Waals surface area contributed by atoms with E-state index in [0.29, 0.717) is 6.42 Å². The van der Waals surface area contributed by atoms with E-state index < -0.39 is 17.6 Å². The molecule has 0 spiro atoms. The number of benzene rings is 1. The van der Waals surface area contributed by atoms with E-state index in [0.717, 1.165) is 10.5 Å². The van der Waals surface area contributed by atoms with E-state index in [2.05, 4.69) is 0 Å². The van der Waals surface area contributed by atoms with Crippen molar-refractivity contribution in [2.45, 2.75) is 18.1 Å². The van der Waals surface area contributed by atoms with Gasteiger partial charge >= 0.3 is 12.1 Å². The second-order valence-corrected chi connectivity index (χ2v) is 4.50. The van der Waals surface area contributed by atoms with Crippen molar-refractivity contribution in [3.05, 3.63) is 35.9 Å². The third kappa shape index (κ3) is 2.33. The Hall–Kier alpha value is -1.56. The Balaban J connectivity index is 2.15. The van der Waals surface area contributed by atoms with Gasteiger partial charge < -0.3 is 10.6 Å². The van der Waals surface area contributed by atoms with E-state index >= 15 is 0 Å². The minimum Gasteiger partial charge on any atom is -0.333 e. The number of alkyl halides is 3. The Kier molecular flexibility index (Phi) is 3.06. The Labute approximate surface area is 102 Å². The highest BCUT2D eigenvalue weighted by atomic mass is 19.4. The third-order valence-corrected chi connectivity index (χ3v) is 3.18. The number of rotatable bonds is 1. The molecule has 1 aromatic carbocycles. The molecule has 2 rings (SSSR count). The average molecular weight is 258 g/mol. The minimum atomic E-state index is -4.83. The lowest BCUT2D eigenvalue weighted by Crippen LogP contribution is -2.44. The largest absolute Gasteiger partial charge is 0.471 e. The van der Waals surface area contributed by atoms with Gasteiger partial charge in [-0.1, -0.05) is 30.3 Å². The Bertz CT molecular complexity index is 446. The molecular formula is C12H13F3N2O. The highest BCUT2D eigenvalue weighted by molar-refractivity contribution is 5.82. The van der Waals surface area contributed by atoms with Gasteiger partial charge in [0, 0.05) is 13.1 Å². The van der Waals surface area contributed by atoms with Crippen LogP contribution in [0.25, 0.3) is 0 Å². The van der Waals surface area contributed by atoms with Crippen LogP contribution in [-0.2, 0) is 10.3 Å². The molecular weight excluding hydrogens is 245 g/mol. The topological polar surface area (TPSA) is 46.3 Å². The van der Waals surface area contributed by atoms with Crippen LogP contribution in [0.1, 0.15) is 12.0 Å². The van der Waals surface area contributed by atoms with E-state index in [1.54, 1.807) is 30.3 Å². The lowest BCUT2D eigenvalue weighted by molar-refractivity contribution is -0.184. The highest BCUT2D eigenvalue weighted by Gasteiger charge is 2.47. The van der Waals surface area contributed by atoms with E-state index in [-0.39, 0.29) is 13.1 Å². The molecule has 98 valence electrons. The van der Waals surface area contributed by atoms with Crippen LogP contribution in [0, 0.1) is 0 Å². The van der Waals surface area contributed by atoms with Crippen LogP contribution in [0.3, 0.4) is 0 Å². The van der Waals surface area contributed by atoms with Gasteiger partial charge in [-0.2, -0.15) is 13.2 Å². The maximum Gasteiger partial charge on any atom is 0.471 e. The molecule has 18 heavy (non-hydrogen) atoms. The summed E-state index contributed by atoms with van der Waals surface area (Å²) in [7, 11) is 0. The molecule has 0 aliphatic carbocycles. The number of nitrogens with zero attached hydrogens (tertiary/aromatic N) is 1. The zero-order valence-corrected chi connectivity index (χ0v) is 9.57. The molecule has 0 aromatic heterocycles. The Morgan fingerprint density at radius 2 is 1.89 bits per heavy atom. The van der Waals surface area contributed by atoms with Crippen molar-refractivity contribution in [3.63, 3.8) is 0 Å². The molecule has 0 radical (unpaired) electrons. The second-order valence-electron chi connectivity index (χ2n) is 4.50. The molecule has 1 aromatic rings. The van der Waals surface area contributed by atoms with Crippen LogP contribution in [0.15, 0.2) is 30.3 Å². The van der Waals surface area contributed by atoms with Crippen molar-refractivity contribution in [1.82, 2.24) is 4.90 Å². The SMILES string of the molecule is NC1(c2ccccc2)CCN(C(=O)C(F)(F)F)C1. The van der Waals surface area contributed by atoms with Crippen molar-refractivity contribution in [2.75, 3.05) is 13.1 Å². The number of amides is 1. The van der Waals surface area contributed by atoms with Crippen LogP contribution in [0.2, 0.25) is 0 Å². The minimum absolute atomic E-state index is 0.0315. The molecule has 1 saturated heterocycles. The molecule has 2 N–H and O–H groups in total. The number of hydrogen-bond acceptors (Lipinski definition) is 2. The molecule has 0 bridgehead atoms. The maximum absolute atomic E-state index is 12.3. The predicted octanol–water partition coefficient (Wildman–Crippen LogP) is 1.64. The normalized spacial score (nSPS) is 24.3. The summed E-state index contributed by atoms with van der Waals surface area (Å²) < 4.78 is 37.0. The summed E-state index contributed by atoms with van der Waals surface area (Å²) in [4.78, 5) is 11.9. The third-order valence-electron chi connectivity index (χ3n) is 3.18. The first-order chi connectivity index (χ1) is 8.33. The van der Waals surface area contributed by atoms with Gasteiger partial charge in [0.25, 0.3) is 0 Å². The van der Waals surface area contributed by atoms with Crippen LogP contribution < -0.4 is 5.73 Å². The predicted molar refractivity (Wildman–Crippen MR) is 59.6 cm³/mol. The van der Waals surface area contributed by atoms with Crippen molar-refractivity contribution in [1.29, 1.82) is 0 Å². The lowest BCUT2D eigenvalue weighted by Gasteiger charge is -2.25. The monoisotopic (exact) mass is 258 g/mol. The van der Waals surface area contributed by atoms with Gasteiger partial charge in [0.15, 0.2) is 0 Å². The molecule has 1 amide bonds. The fourth-order valence-corrected chi connectivity index (χ4v) is 2.19. The van der Waals surface area contributed by atoms with Crippen LogP contribution in [0.4, 0.5) is 13.2 Å².